The summed E-state index contributed by atoms with van der Waals surface area (Å²) in [5, 5.41) is 0. The van der Waals surface area contributed by atoms with Crippen molar-refractivity contribution in [3.05, 3.63) is 12.2 Å². The van der Waals surface area contributed by atoms with Gasteiger partial charge in [0.2, 0.25) is 0 Å². The fourth-order valence-electron chi connectivity index (χ4n) is 4.48. The first-order valence-corrected chi connectivity index (χ1v) is 10.7. The van der Waals surface area contributed by atoms with Crippen LogP contribution in [0.4, 0.5) is 0 Å². The second-order valence-electron chi connectivity index (χ2n) is 8.74. The average molecular weight is 321 g/mol. The Labute approximate surface area is 147 Å². The van der Waals surface area contributed by atoms with Gasteiger partial charge in [0.15, 0.2) is 0 Å². The van der Waals surface area contributed by atoms with E-state index in [1.165, 1.54) is 89.9 Å². The quantitative estimate of drug-likeness (QED) is 0.250. The molecule has 0 aromatic rings. The second-order valence-corrected chi connectivity index (χ2v) is 8.74. The first kappa shape index (κ1) is 20.8. The first-order chi connectivity index (χ1) is 11.1. The molecule has 1 saturated carbocycles. The van der Waals surface area contributed by atoms with Gasteiger partial charge in [-0.2, -0.15) is 0 Å². The first-order valence-electron chi connectivity index (χ1n) is 10.7. The Balaban J connectivity index is 2.20. The number of rotatable bonds is 12. The third-order valence-electron chi connectivity index (χ3n) is 6.29. The summed E-state index contributed by atoms with van der Waals surface area (Å²) in [6.45, 7) is 9.50. The lowest BCUT2D eigenvalue weighted by atomic mass is 9.65. The summed E-state index contributed by atoms with van der Waals surface area (Å²) in [4.78, 5) is 0. The third kappa shape index (κ3) is 8.96. The van der Waals surface area contributed by atoms with Crippen LogP contribution in [0.2, 0.25) is 0 Å². The summed E-state index contributed by atoms with van der Waals surface area (Å²) in [5.41, 5.74) is 0.540. The van der Waals surface area contributed by atoms with Gasteiger partial charge in [-0.3, -0.25) is 0 Å². The molecule has 0 amide bonds. The number of hydrogen-bond donors (Lipinski definition) is 0. The summed E-state index contributed by atoms with van der Waals surface area (Å²) >= 11 is 0. The monoisotopic (exact) mass is 320 g/mol. The maximum Gasteiger partial charge on any atom is -0.0323 e. The Hall–Kier alpha value is -0.260. The SMILES string of the molecule is C/C=C\CCC(C)(C)C1CCCC(CCCCCCCCC)C1. The molecule has 23 heavy (non-hydrogen) atoms. The predicted octanol–water partition coefficient (Wildman–Crippen LogP) is 8.32. The molecular formula is C23H44. The van der Waals surface area contributed by atoms with E-state index in [4.69, 9.17) is 0 Å². The van der Waals surface area contributed by atoms with Crippen LogP contribution in [0.3, 0.4) is 0 Å². The summed E-state index contributed by atoms with van der Waals surface area (Å²) < 4.78 is 0. The highest BCUT2D eigenvalue weighted by molar-refractivity contribution is 4.87. The number of hydrogen-bond acceptors (Lipinski definition) is 0. The number of unbranched alkanes of at least 4 members (excludes halogenated alkanes) is 6. The summed E-state index contributed by atoms with van der Waals surface area (Å²) in [7, 11) is 0. The molecule has 0 nitrogen and oxygen atoms in total. The summed E-state index contributed by atoms with van der Waals surface area (Å²) in [5.74, 6) is 2.00. The molecule has 0 saturated heterocycles. The average Bonchev–Trinajstić information content (AvgIpc) is 2.54. The molecule has 0 aromatic heterocycles. The van der Waals surface area contributed by atoms with E-state index in [2.05, 4.69) is 39.8 Å². The summed E-state index contributed by atoms with van der Waals surface area (Å²) in [6.07, 6.45) is 24.9. The lowest BCUT2D eigenvalue weighted by molar-refractivity contribution is 0.112. The Morgan fingerprint density at radius 3 is 2.35 bits per heavy atom. The van der Waals surface area contributed by atoms with Gasteiger partial charge >= 0.3 is 0 Å². The highest BCUT2D eigenvalue weighted by Gasteiger charge is 2.32. The molecule has 1 aliphatic rings. The Bertz CT molecular complexity index is 299. The van der Waals surface area contributed by atoms with Gasteiger partial charge in [-0.15, -0.1) is 0 Å². The van der Waals surface area contributed by atoms with E-state index in [9.17, 15) is 0 Å². The van der Waals surface area contributed by atoms with E-state index in [-0.39, 0.29) is 0 Å². The van der Waals surface area contributed by atoms with Gasteiger partial charge in [0.05, 0.1) is 0 Å². The van der Waals surface area contributed by atoms with Gasteiger partial charge < -0.3 is 0 Å². The Morgan fingerprint density at radius 2 is 1.65 bits per heavy atom. The van der Waals surface area contributed by atoms with Crippen molar-refractivity contribution >= 4 is 0 Å². The van der Waals surface area contributed by atoms with Crippen molar-refractivity contribution in [3.63, 3.8) is 0 Å². The Kier molecular flexibility index (Phi) is 11.0. The van der Waals surface area contributed by atoms with Crippen molar-refractivity contribution in [1.82, 2.24) is 0 Å². The zero-order valence-corrected chi connectivity index (χ0v) is 16.7. The standard InChI is InChI=1S/C23H44/c1-5-7-9-10-11-12-13-16-21-17-15-18-22(20-21)23(3,4)19-14-8-6-2/h6,8,21-22H,5,7,9-20H2,1-4H3/b8-6-. The van der Waals surface area contributed by atoms with Gasteiger partial charge in [0.25, 0.3) is 0 Å². The molecule has 0 bridgehead atoms. The van der Waals surface area contributed by atoms with Gasteiger partial charge in [0.1, 0.15) is 0 Å². The van der Waals surface area contributed by atoms with Crippen molar-refractivity contribution < 1.29 is 0 Å². The molecule has 1 aliphatic carbocycles. The van der Waals surface area contributed by atoms with Crippen molar-refractivity contribution in [3.8, 4) is 0 Å². The molecule has 0 radical (unpaired) electrons. The van der Waals surface area contributed by atoms with Crippen LogP contribution in [-0.2, 0) is 0 Å². The molecule has 1 rings (SSSR count). The van der Waals surface area contributed by atoms with E-state index in [0.29, 0.717) is 5.41 Å². The van der Waals surface area contributed by atoms with Crippen LogP contribution in [0.25, 0.3) is 0 Å². The molecule has 0 heteroatoms. The van der Waals surface area contributed by atoms with Gasteiger partial charge in [-0.1, -0.05) is 97.1 Å². The minimum Gasteiger partial charge on any atom is -0.0917 e. The van der Waals surface area contributed by atoms with Crippen molar-refractivity contribution in [2.75, 3.05) is 0 Å². The molecule has 0 spiro atoms. The highest BCUT2D eigenvalue weighted by atomic mass is 14.4. The van der Waals surface area contributed by atoms with E-state index in [1.54, 1.807) is 0 Å². The van der Waals surface area contributed by atoms with Gasteiger partial charge in [0, 0.05) is 0 Å². The lowest BCUT2D eigenvalue weighted by Gasteiger charge is -2.40. The van der Waals surface area contributed by atoms with Crippen LogP contribution in [0.1, 0.15) is 118 Å². The minimum absolute atomic E-state index is 0.540. The Morgan fingerprint density at radius 1 is 0.957 bits per heavy atom. The molecule has 2 atom stereocenters. The largest absolute Gasteiger partial charge is 0.0917 e. The molecule has 0 aromatic carbocycles. The maximum absolute atomic E-state index is 2.53. The molecule has 0 heterocycles. The zero-order chi connectivity index (χ0) is 17.0. The molecule has 2 unspecified atom stereocenters. The van der Waals surface area contributed by atoms with Gasteiger partial charge in [-0.05, 0) is 49.9 Å². The summed E-state index contributed by atoms with van der Waals surface area (Å²) in [6, 6.07) is 0. The van der Waals surface area contributed by atoms with Crippen LogP contribution in [0.5, 0.6) is 0 Å². The van der Waals surface area contributed by atoms with Crippen LogP contribution in [0, 0.1) is 17.3 Å². The van der Waals surface area contributed by atoms with E-state index < -0.39 is 0 Å². The third-order valence-corrected chi connectivity index (χ3v) is 6.29. The predicted molar refractivity (Wildman–Crippen MR) is 106 cm³/mol. The van der Waals surface area contributed by atoms with E-state index >= 15 is 0 Å². The molecule has 0 aliphatic heterocycles. The lowest BCUT2D eigenvalue weighted by Crippen LogP contribution is -2.29. The van der Waals surface area contributed by atoms with E-state index in [1.807, 2.05) is 0 Å². The van der Waals surface area contributed by atoms with Crippen LogP contribution < -0.4 is 0 Å². The second kappa shape index (κ2) is 12.2. The smallest absolute Gasteiger partial charge is 0.0323 e. The van der Waals surface area contributed by atoms with Crippen LogP contribution >= 0.6 is 0 Å². The maximum atomic E-state index is 2.53. The van der Waals surface area contributed by atoms with E-state index in [0.717, 1.165) is 11.8 Å². The normalized spacial score (nSPS) is 22.8. The minimum atomic E-state index is 0.540. The molecular weight excluding hydrogens is 276 g/mol. The van der Waals surface area contributed by atoms with Crippen LogP contribution in [-0.4, -0.2) is 0 Å². The zero-order valence-electron chi connectivity index (χ0n) is 16.7. The molecule has 1 fully saturated rings. The fraction of sp³-hybridized carbons (Fsp3) is 0.913. The van der Waals surface area contributed by atoms with Crippen molar-refractivity contribution in [1.29, 1.82) is 0 Å². The topological polar surface area (TPSA) is 0 Å². The number of allylic oxidation sites excluding steroid dienone is 2. The fourth-order valence-corrected chi connectivity index (χ4v) is 4.48. The molecule has 0 N–H and O–H groups in total. The van der Waals surface area contributed by atoms with Crippen molar-refractivity contribution in [2.45, 2.75) is 118 Å². The van der Waals surface area contributed by atoms with Gasteiger partial charge in [-0.25, -0.2) is 0 Å². The van der Waals surface area contributed by atoms with Crippen molar-refractivity contribution in [2.24, 2.45) is 17.3 Å². The van der Waals surface area contributed by atoms with Crippen LogP contribution in [0.15, 0.2) is 12.2 Å². The molecule has 136 valence electrons. The highest BCUT2D eigenvalue weighted by Crippen LogP contribution is 2.44.